The molecule has 0 saturated carbocycles. The Morgan fingerprint density at radius 1 is 1.38 bits per heavy atom. The van der Waals surface area contributed by atoms with Gasteiger partial charge in [-0.2, -0.15) is 5.26 Å². The normalized spacial score (nSPS) is 11.4. The van der Waals surface area contributed by atoms with Crippen molar-refractivity contribution in [2.75, 3.05) is 5.88 Å². The number of alkyl halides is 1. The number of rotatable bonds is 3. The van der Waals surface area contributed by atoms with Crippen molar-refractivity contribution >= 4 is 11.6 Å². The van der Waals surface area contributed by atoms with Gasteiger partial charge in [-0.3, -0.25) is 0 Å². The van der Waals surface area contributed by atoms with Crippen molar-refractivity contribution in [2.24, 2.45) is 0 Å². The first kappa shape index (κ1) is 8.40. The van der Waals surface area contributed by atoms with Crippen molar-refractivity contribution in [3.63, 3.8) is 0 Å². The van der Waals surface area contributed by atoms with E-state index in [0.29, 0.717) is 11.4 Å². The van der Waals surface area contributed by atoms with Crippen molar-refractivity contribution in [1.29, 1.82) is 5.26 Å². The third-order valence-electron chi connectivity index (χ3n) is 2.06. The van der Waals surface area contributed by atoms with E-state index < -0.39 is 0 Å². The number of nitrogens with zero attached hydrogens (tertiary/aromatic N) is 1. The summed E-state index contributed by atoms with van der Waals surface area (Å²) in [4.78, 5) is 0. The molecule has 0 N–H and O–H groups in total. The van der Waals surface area contributed by atoms with Gasteiger partial charge in [-0.05, 0) is 24.5 Å². The SMILES string of the molecule is N#Cc1ccc(CCCCl)c2c1O2. The molecular formula is C10H8ClNO. The van der Waals surface area contributed by atoms with Crippen LogP contribution in [0.4, 0.5) is 0 Å². The minimum atomic E-state index is 0.629. The fraction of sp³-hybridized carbons (Fsp3) is 0.300. The second-order valence-corrected chi connectivity index (χ2v) is 3.31. The summed E-state index contributed by atoms with van der Waals surface area (Å²) >= 11 is 5.59. The minimum Gasteiger partial charge on any atom is -0.448 e. The highest BCUT2D eigenvalue weighted by Crippen LogP contribution is 2.50. The van der Waals surface area contributed by atoms with Crippen LogP contribution >= 0.6 is 11.6 Å². The highest BCUT2D eigenvalue weighted by Gasteiger charge is 2.28. The summed E-state index contributed by atoms with van der Waals surface area (Å²) in [5.74, 6) is 2.31. The lowest BCUT2D eigenvalue weighted by molar-refractivity contribution is 0.641. The minimum absolute atomic E-state index is 0.629. The number of hydrogen-bond donors (Lipinski definition) is 0. The number of halogens is 1. The Morgan fingerprint density at radius 3 is 2.92 bits per heavy atom. The first-order valence-corrected chi connectivity index (χ1v) is 4.70. The van der Waals surface area contributed by atoms with E-state index in [-0.39, 0.29) is 0 Å². The predicted octanol–water partition coefficient (Wildman–Crippen LogP) is 2.84. The van der Waals surface area contributed by atoms with Crippen LogP contribution in [0.2, 0.25) is 0 Å². The summed E-state index contributed by atoms with van der Waals surface area (Å²) in [6, 6.07) is 5.82. The van der Waals surface area contributed by atoms with Gasteiger partial charge in [-0.25, -0.2) is 0 Å². The molecule has 1 heterocycles. The van der Waals surface area contributed by atoms with E-state index in [9.17, 15) is 0 Å². The molecule has 0 spiro atoms. The lowest BCUT2D eigenvalue weighted by atomic mass is 10.1. The van der Waals surface area contributed by atoms with E-state index >= 15 is 0 Å². The van der Waals surface area contributed by atoms with E-state index in [1.807, 2.05) is 6.07 Å². The number of ether oxygens (including phenoxy) is 1. The number of fused-ring (bicyclic) bond motifs is 1. The van der Waals surface area contributed by atoms with Crippen molar-refractivity contribution in [2.45, 2.75) is 12.8 Å². The smallest absolute Gasteiger partial charge is 0.188 e. The molecular weight excluding hydrogens is 186 g/mol. The quantitative estimate of drug-likeness (QED) is 0.555. The predicted molar refractivity (Wildman–Crippen MR) is 50.3 cm³/mol. The van der Waals surface area contributed by atoms with Crippen molar-refractivity contribution in [1.82, 2.24) is 0 Å². The van der Waals surface area contributed by atoms with Crippen LogP contribution in [0, 0.1) is 11.3 Å². The van der Waals surface area contributed by atoms with Gasteiger partial charge < -0.3 is 4.74 Å². The topological polar surface area (TPSA) is 36.3 Å². The molecule has 2 nitrogen and oxygen atoms in total. The number of benzene rings is 1. The standard InChI is InChI=1S/C10H8ClNO/c11-5-1-2-7-3-4-8(6-12)10-9(7)13-10/h3-4H,1-2,5H2. The fourth-order valence-electron chi connectivity index (χ4n) is 1.34. The van der Waals surface area contributed by atoms with Crippen LogP contribution in [0.3, 0.4) is 0 Å². The van der Waals surface area contributed by atoms with E-state index in [4.69, 9.17) is 21.6 Å². The van der Waals surface area contributed by atoms with Gasteiger partial charge in [-0.15, -0.1) is 11.6 Å². The number of aryl methyl sites for hydroxylation is 1. The van der Waals surface area contributed by atoms with E-state index in [0.717, 1.165) is 29.9 Å². The largest absolute Gasteiger partial charge is 0.448 e. The lowest BCUT2D eigenvalue weighted by Gasteiger charge is -1.93. The van der Waals surface area contributed by atoms with Crippen LogP contribution in [0.1, 0.15) is 17.5 Å². The molecule has 1 aromatic rings. The maximum Gasteiger partial charge on any atom is 0.188 e. The number of nitriles is 1. The molecule has 0 bridgehead atoms. The second kappa shape index (κ2) is 3.27. The monoisotopic (exact) mass is 193 g/mol. The summed E-state index contributed by atoms with van der Waals surface area (Å²) in [6.45, 7) is 0. The summed E-state index contributed by atoms with van der Waals surface area (Å²) in [6.07, 6.45) is 1.88. The van der Waals surface area contributed by atoms with Crippen LogP contribution in [0.25, 0.3) is 0 Å². The molecule has 0 fully saturated rings. The Bertz CT molecular complexity index is 381. The van der Waals surface area contributed by atoms with Crippen LogP contribution in [-0.2, 0) is 6.42 Å². The Labute approximate surface area is 81.7 Å². The van der Waals surface area contributed by atoms with Gasteiger partial charge in [0.25, 0.3) is 0 Å². The molecule has 0 radical (unpaired) electrons. The lowest BCUT2D eigenvalue weighted by Crippen LogP contribution is -1.83. The Balaban J connectivity index is 2.20. The summed E-state index contributed by atoms with van der Waals surface area (Å²) in [5.41, 5.74) is 1.79. The zero-order valence-corrected chi connectivity index (χ0v) is 7.77. The zero-order valence-electron chi connectivity index (χ0n) is 7.01. The molecule has 2 rings (SSSR count). The second-order valence-electron chi connectivity index (χ2n) is 2.94. The average Bonchev–Trinajstić information content (AvgIpc) is 2.93. The van der Waals surface area contributed by atoms with E-state index in [1.165, 1.54) is 0 Å². The molecule has 66 valence electrons. The van der Waals surface area contributed by atoms with Gasteiger partial charge in [0.2, 0.25) is 0 Å². The number of hydrogen-bond acceptors (Lipinski definition) is 2. The molecule has 0 aromatic heterocycles. The highest BCUT2D eigenvalue weighted by molar-refractivity contribution is 6.17. The van der Waals surface area contributed by atoms with Crippen molar-refractivity contribution < 1.29 is 4.74 Å². The fourth-order valence-corrected chi connectivity index (χ4v) is 1.48. The van der Waals surface area contributed by atoms with Gasteiger partial charge in [0, 0.05) is 5.88 Å². The molecule has 0 saturated heterocycles. The Hall–Kier alpha value is -1.20. The van der Waals surface area contributed by atoms with Gasteiger partial charge in [0.05, 0.1) is 5.56 Å². The molecule has 3 heteroatoms. The highest BCUT2D eigenvalue weighted by atomic mass is 35.5. The zero-order chi connectivity index (χ0) is 9.26. The average molecular weight is 194 g/mol. The molecule has 0 unspecified atom stereocenters. The summed E-state index contributed by atoms with van der Waals surface area (Å²) in [7, 11) is 0. The van der Waals surface area contributed by atoms with Crippen molar-refractivity contribution in [3.05, 3.63) is 23.3 Å². The molecule has 0 amide bonds. The first-order valence-electron chi connectivity index (χ1n) is 4.16. The molecule has 0 aliphatic carbocycles. The van der Waals surface area contributed by atoms with Gasteiger partial charge in [0.1, 0.15) is 6.07 Å². The van der Waals surface area contributed by atoms with E-state index in [1.54, 1.807) is 6.07 Å². The Kier molecular flexibility index (Phi) is 2.12. The third-order valence-corrected chi connectivity index (χ3v) is 2.32. The molecule has 1 aliphatic rings. The summed E-state index contributed by atoms with van der Waals surface area (Å²) < 4.78 is 5.22. The van der Waals surface area contributed by atoms with Crippen LogP contribution < -0.4 is 4.74 Å². The maximum atomic E-state index is 8.67. The molecule has 0 atom stereocenters. The third kappa shape index (κ3) is 1.48. The molecule has 13 heavy (non-hydrogen) atoms. The van der Waals surface area contributed by atoms with Gasteiger partial charge >= 0.3 is 0 Å². The van der Waals surface area contributed by atoms with Crippen LogP contribution in [0.5, 0.6) is 11.5 Å². The molecule has 1 aromatic carbocycles. The van der Waals surface area contributed by atoms with Gasteiger partial charge in [0.15, 0.2) is 11.5 Å². The summed E-state index contributed by atoms with van der Waals surface area (Å²) in [5, 5.41) is 8.67. The maximum absolute atomic E-state index is 8.67. The van der Waals surface area contributed by atoms with Crippen molar-refractivity contribution in [3.8, 4) is 17.6 Å². The first-order chi connectivity index (χ1) is 6.36. The van der Waals surface area contributed by atoms with Crippen LogP contribution in [0.15, 0.2) is 12.1 Å². The molecule has 1 aliphatic heterocycles. The van der Waals surface area contributed by atoms with Gasteiger partial charge in [-0.1, -0.05) is 6.07 Å². The van der Waals surface area contributed by atoms with Crippen LogP contribution in [-0.4, -0.2) is 5.88 Å². The Morgan fingerprint density at radius 2 is 2.23 bits per heavy atom. The van der Waals surface area contributed by atoms with E-state index in [2.05, 4.69) is 6.07 Å².